The molecule has 0 fully saturated rings. The van der Waals surface area contributed by atoms with Crippen LogP contribution in [0.1, 0.15) is 24.1 Å². The third kappa shape index (κ3) is 4.06. The Morgan fingerprint density at radius 1 is 1.32 bits per heavy atom. The minimum absolute atomic E-state index is 0.0348. The lowest BCUT2D eigenvalue weighted by Crippen LogP contribution is -2.18. The number of aliphatic hydroxyl groups is 1. The van der Waals surface area contributed by atoms with Gasteiger partial charge in [-0.3, -0.25) is 0 Å². The molecule has 1 atom stereocenters. The third-order valence-electron chi connectivity index (χ3n) is 2.96. The lowest BCUT2D eigenvalue weighted by Gasteiger charge is -2.15. The minimum Gasteiger partial charge on any atom is -0.491 e. The van der Waals surface area contributed by atoms with Gasteiger partial charge in [-0.2, -0.15) is 11.3 Å². The summed E-state index contributed by atoms with van der Waals surface area (Å²) in [5.41, 5.74) is 2.41. The van der Waals surface area contributed by atoms with E-state index in [1.54, 1.807) is 11.3 Å². The Kier molecular flexibility index (Phi) is 5.39. The van der Waals surface area contributed by atoms with Gasteiger partial charge in [-0.25, -0.2) is 0 Å². The second-order valence-electron chi connectivity index (χ2n) is 4.34. The van der Waals surface area contributed by atoms with Crippen molar-refractivity contribution in [3.63, 3.8) is 0 Å². The zero-order valence-electron chi connectivity index (χ0n) is 11.0. The maximum atomic E-state index is 8.82. The molecule has 0 saturated heterocycles. The van der Waals surface area contributed by atoms with Crippen LogP contribution in [0.15, 0.2) is 41.1 Å². The SMILES string of the molecule is C[C@H](NCc1ccccc1OCCO)c1ccsc1. The first-order valence-electron chi connectivity index (χ1n) is 6.38. The molecule has 0 amide bonds. The molecule has 1 aromatic carbocycles. The lowest BCUT2D eigenvalue weighted by atomic mass is 10.1. The van der Waals surface area contributed by atoms with Gasteiger partial charge in [0, 0.05) is 18.2 Å². The Hall–Kier alpha value is -1.36. The van der Waals surface area contributed by atoms with Crippen LogP contribution < -0.4 is 10.1 Å². The molecule has 102 valence electrons. The summed E-state index contributed by atoms with van der Waals surface area (Å²) in [6.07, 6.45) is 0. The van der Waals surface area contributed by atoms with Crippen molar-refractivity contribution >= 4 is 11.3 Å². The molecule has 2 rings (SSSR count). The number of hydrogen-bond donors (Lipinski definition) is 2. The van der Waals surface area contributed by atoms with Gasteiger partial charge in [0.25, 0.3) is 0 Å². The van der Waals surface area contributed by atoms with E-state index in [1.807, 2.05) is 24.3 Å². The second kappa shape index (κ2) is 7.28. The van der Waals surface area contributed by atoms with Crippen molar-refractivity contribution in [2.24, 2.45) is 0 Å². The van der Waals surface area contributed by atoms with Gasteiger partial charge in [-0.15, -0.1) is 0 Å². The summed E-state index contributed by atoms with van der Waals surface area (Å²) in [5.74, 6) is 0.835. The maximum absolute atomic E-state index is 8.82. The maximum Gasteiger partial charge on any atom is 0.123 e. The molecule has 2 N–H and O–H groups in total. The molecule has 1 aromatic heterocycles. The summed E-state index contributed by atoms with van der Waals surface area (Å²) in [6, 6.07) is 10.4. The molecular formula is C15H19NO2S. The molecule has 0 aliphatic rings. The first kappa shape index (κ1) is 14.1. The van der Waals surface area contributed by atoms with Crippen molar-refractivity contribution in [1.29, 1.82) is 0 Å². The van der Waals surface area contributed by atoms with Crippen molar-refractivity contribution in [3.05, 3.63) is 52.2 Å². The van der Waals surface area contributed by atoms with Gasteiger partial charge in [0.15, 0.2) is 0 Å². The summed E-state index contributed by atoms with van der Waals surface area (Å²) < 4.78 is 5.52. The Labute approximate surface area is 117 Å². The molecule has 4 heteroatoms. The molecule has 0 spiro atoms. The molecule has 0 bridgehead atoms. The van der Waals surface area contributed by atoms with E-state index in [2.05, 4.69) is 29.1 Å². The highest BCUT2D eigenvalue weighted by Gasteiger charge is 2.07. The van der Waals surface area contributed by atoms with Crippen molar-refractivity contribution in [2.75, 3.05) is 13.2 Å². The zero-order chi connectivity index (χ0) is 13.5. The van der Waals surface area contributed by atoms with Gasteiger partial charge in [0.05, 0.1) is 6.61 Å². The molecule has 0 aliphatic carbocycles. The second-order valence-corrected chi connectivity index (χ2v) is 5.12. The van der Waals surface area contributed by atoms with Gasteiger partial charge in [0.1, 0.15) is 12.4 Å². The van der Waals surface area contributed by atoms with E-state index in [1.165, 1.54) is 5.56 Å². The average Bonchev–Trinajstić information content (AvgIpc) is 2.97. The summed E-state index contributed by atoms with van der Waals surface area (Å²) in [4.78, 5) is 0. The number of para-hydroxylation sites is 1. The summed E-state index contributed by atoms with van der Waals surface area (Å²) in [7, 11) is 0. The quantitative estimate of drug-likeness (QED) is 0.817. The van der Waals surface area contributed by atoms with Crippen LogP contribution >= 0.6 is 11.3 Å². The number of hydrogen-bond acceptors (Lipinski definition) is 4. The molecular weight excluding hydrogens is 258 g/mol. The average molecular weight is 277 g/mol. The zero-order valence-corrected chi connectivity index (χ0v) is 11.8. The van der Waals surface area contributed by atoms with Gasteiger partial charge in [-0.05, 0) is 35.4 Å². The van der Waals surface area contributed by atoms with Gasteiger partial charge in [-0.1, -0.05) is 18.2 Å². The number of rotatable bonds is 7. The molecule has 3 nitrogen and oxygen atoms in total. The smallest absolute Gasteiger partial charge is 0.123 e. The number of benzene rings is 1. The van der Waals surface area contributed by atoms with E-state index in [4.69, 9.17) is 9.84 Å². The van der Waals surface area contributed by atoms with Crippen molar-refractivity contribution < 1.29 is 9.84 Å². The van der Waals surface area contributed by atoms with Crippen LogP contribution in [-0.4, -0.2) is 18.3 Å². The normalized spacial score (nSPS) is 12.3. The van der Waals surface area contributed by atoms with E-state index in [9.17, 15) is 0 Å². The highest BCUT2D eigenvalue weighted by Crippen LogP contribution is 2.20. The Morgan fingerprint density at radius 2 is 2.16 bits per heavy atom. The van der Waals surface area contributed by atoms with Gasteiger partial charge >= 0.3 is 0 Å². The van der Waals surface area contributed by atoms with E-state index in [0.29, 0.717) is 12.6 Å². The molecule has 2 aromatic rings. The van der Waals surface area contributed by atoms with Gasteiger partial charge in [0.2, 0.25) is 0 Å². The standard InChI is InChI=1S/C15H19NO2S/c1-12(14-6-9-19-11-14)16-10-13-4-2-3-5-15(13)18-8-7-17/h2-6,9,11-12,16-17H,7-8,10H2,1H3/t12-/m0/s1. The fraction of sp³-hybridized carbons (Fsp3) is 0.333. The van der Waals surface area contributed by atoms with Crippen molar-refractivity contribution in [1.82, 2.24) is 5.32 Å². The summed E-state index contributed by atoms with van der Waals surface area (Å²) in [6.45, 7) is 3.27. The van der Waals surface area contributed by atoms with Crippen LogP contribution in [0.25, 0.3) is 0 Å². The number of ether oxygens (including phenoxy) is 1. The topological polar surface area (TPSA) is 41.5 Å². The third-order valence-corrected chi connectivity index (χ3v) is 3.66. The van der Waals surface area contributed by atoms with Crippen LogP contribution in [0, 0.1) is 0 Å². The van der Waals surface area contributed by atoms with Crippen molar-refractivity contribution in [3.8, 4) is 5.75 Å². The molecule has 1 heterocycles. The van der Waals surface area contributed by atoms with Crippen LogP contribution in [0.3, 0.4) is 0 Å². The Bertz CT molecular complexity index is 485. The summed E-state index contributed by atoms with van der Waals surface area (Å²) in [5, 5.41) is 16.6. The van der Waals surface area contributed by atoms with E-state index in [0.717, 1.165) is 17.9 Å². The fourth-order valence-electron chi connectivity index (χ4n) is 1.85. The number of nitrogens with one attached hydrogen (secondary N) is 1. The number of thiophene rings is 1. The molecule has 0 radical (unpaired) electrons. The molecule has 0 unspecified atom stereocenters. The minimum atomic E-state index is 0.0348. The first-order chi connectivity index (χ1) is 9.31. The van der Waals surface area contributed by atoms with Gasteiger partial charge < -0.3 is 15.2 Å². The lowest BCUT2D eigenvalue weighted by molar-refractivity contribution is 0.200. The van der Waals surface area contributed by atoms with Crippen LogP contribution in [0.2, 0.25) is 0 Å². The Morgan fingerprint density at radius 3 is 2.89 bits per heavy atom. The van der Waals surface area contributed by atoms with Crippen LogP contribution in [0.5, 0.6) is 5.75 Å². The van der Waals surface area contributed by atoms with E-state index in [-0.39, 0.29) is 6.61 Å². The predicted octanol–water partition coefficient (Wildman–Crippen LogP) is 2.97. The monoisotopic (exact) mass is 277 g/mol. The molecule has 19 heavy (non-hydrogen) atoms. The molecule has 0 aliphatic heterocycles. The first-order valence-corrected chi connectivity index (χ1v) is 7.32. The number of aliphatic hydroxyl groups excluding tert-OH is 1. The van der Waals surface area contributed by atoms with Crippen molar-refractivity contribution in [2.45, 2.75) is 19.5 Å². The largest absolute Gasteiger partial charge is 0.491 e. The van der Waals surface area contributed by atoms with E-state index >= 15 is 0 Å². The molecule has 0 saturated carbocycles. The predicted molar refractivity (Wildman–Crippen MR) is 78.6 cm³/mol. The highest BCUT2D eigenvalue weighted by atomic mass is 32.1. The highest BCUT2D eigenvalue weighted by molar-refractivity contribution is 7.07. The van der Waals surface area contributed by atoms with E-state index < -0.39 is 0 Å². The van der Waals surface area contributed by atoms with Crippen LogP contribution in [0.4, 0.5) is 0 Å². The summed E-state index contributed by atoms with van der Waals surface area (Å²) >= 11 is 1.71. The van der Waals surface area contributed by atoms with Crippen LogP contribution in [-0.2, 0) is 6.54 Å². The Balaban J connectivity index is 1.95. The fourth-order valence-corrected chi connectivity index (χ4v) is 2.60.